The van der Waals surface area contributed by atoms with E-state index in [9.17, 15) is 9.59 Å². The van der Waals surface area contributed by atoms with Crippen LogP contribution in [0, 0.1) is 0 Å². The quantitative estimate of drug-likeness (QED) is 0.575. The molecule has 0 spiro atoms. The van der Waals surface area contributed by atoms with Crippen molar-refractivity contribution in [3.8, 4) is 0 Å². The maximum Gasteiger partial charge on any atom is 0.348 e. The van der Waals surface area contributed by atoms with Crippen molar-refractivity contribution in [2.24, 2.45) is 0 Å². The van der Waals surface area contributed by atoms with Crippen LogP contribution in [0.25, 0.3) is 0 Å². The molecule has 2 aromatic rings. The molecule has 1 aliphatic carbocycles. The molecule has 0 aliphatic heterocycles. The van der Waals surface area contributed by atoms with E-state index in [-0.39, 0.29) is 6.61 Å². The van der Waals surface area contributed by atoms with Gasteiger partial charge in [0.15, 0.2) is 6.61 Å². The van der Waals surface area contributed by atoms with Crippen LogP contribution < -0.4 is 5.32 Å². The van der Waals surface area contributed by atoms with E-state index in [0.29, 0.717) is 20.6 Å². The number of fused-ring (bicyclic) bond motifs is 1. The Morgan fingerprint density at radius 2 is 1.76 bits per heavy atom. The highest BCUT2D eigenvalue weighted by Gasteiger charge is 2.18. The third-order valence-corrected chi connectivity index (χ3v) is 5.58. The number of aryl methyl sites for hydroxylation is 2. The maximum absolute atomic E-state index is 12.2. The topological polar surface area (TPSA) is 55.4 Å². The van der Waals surface area contributed by atoms with E-state index in [1.807, 2.05) is 6.07 Å². The third-order valence-electron chi connectivity index (χ3n) is 3.93. The predicted octanol–water partition coefficient (Wildman–Crippen LogP) is 5.12. The lowest BCUT2D eigenvalue weighted by atomic mass is 10.1. The van der Waals surface area contributed by atoms with E-state index in [1.54, 1.807) is 18.2 Å². The summed E-state index contributed by atoms with van der Waals surface area (Å²) in [6.45, 7) is -0.356. The van der Waals surface area contributed by atoms with Gasteiger partial charge in [-0.25, -0.2) is 4.79 Å². The van der Waals surface area contributed by atoms with Crippen LogP contribution in [-0.4, -0.2) is 18.5 Å². The molecule has 0 saturated heterocycles. The Balaban J connectivity index is 1.56. The Morgan fingerprint density at radius 1 is 1.04 bits per heavy atom. The van der Waals surface area contributed by atoms with Gasteiger partial charge in [-0.15, -0.1) is 11.3 Å². The molecule has 1 aromatic heterocycles. The second-order valence-corrected chi connectivity index (χ2v) is 7.91. The number of carbonyl (C=O) groups excluding carboxylic acids is 2. The summed E-state index contributed by atoms with van der Waals surface area (Å²) in [6.07, 6.45) is 5.57. The van der Waals surface area contributed by atoms with Gasteiger partial charge < -0.3 is 10.1 Å². The molecule has 3 rings (SSSR count). The van der Waals surface area contributed by atoms with E-state index in [2.05, 4.69) is 5.32 Å². The Hall–Kier alpha value is -1.56. The highest BCUT2D eigenvalue weighted by Crippen LogP contribution is 2.29. The number of ether oxygens (including phenoxy) is 1. The lowest BCUT2D eigenvalue weighted by molar-refractivity contribution is -0.119. The van der Waals surface area contributed by atoms with Crippen molar-refractivity contribution in [1.29, 1.82) is 0 Å². The van der Waals surface area contributed by atoms with E-state index in [1.165, 1.54) is 28.2 Å². The highest BCUT2D eigenvalue weighted by molar-refractivity contribution is 7.14. The van der Waals surface area contributed by atoms with Gasteiger partial charge in [-0.05, 0) is 55.5 Å². The fourth-order valence-corrected chi connectivity index (χ4v) is 4.47. The van der Waals surface area contributed by atoms with Crippen LogP contribution in [-0.2, 0) is 22.4 Å². The van der Waals surface area contributed by atoms with Crippen LogP contribution >= 0.6 is 34.5 Å². The van der Waals surface area contributed by atoms with Crippen LogP contribution in [0.5, 0.6) is 0 Å². The van der Waals surface area contributed by atoms with Gasteiger partial charge in [0, 0.05) is 20.6 Å². The number of esters is 1. The summed E-state index contributed by atoms with van der Waals surface area (Å²) >= 11 is 13.2. The lowest BCUT2D eigenvalue weighted by Gasteiger charge is -2.07. The van der Waals surface area contributed by atoms with E-state index < -0.39 is 11.9 Å². The molecular formula is C18H17Cl2NO3S. The standard InChI is InChI=1S/C18H17Cl2NO3S/c19-12-7-13(20)9-14(8-12)21-17(22)10-24-18(23)16-6-11-4-2-1-3-5-15(11)25-16/h6-9H,1-5,10H2,(H,21,22). The van der Waals surface area contributed by atoms with Crippen LogP contribution in [0.3, 0.4) is 0 Å². The maximum atomic E-state index is 12.2. The summed E-state index contributed by atoms with van der Waals surface area (Å²) in [7, 11) is 0. The average molecular weight is 398 g/mol. The number of nitrogens with one attached hydrogen (secondary N) is 1. The predicted molar refractivity (Wildman–Crippen MR) is 101 cm³/mol. The lowest BCUT2D eigenvalue weighted by Crippen LogP contribution is -2.20. The summed E-state index contributed by atoms with van der Waals surface area (Å²) in [4.78, 5) is 25.9. The molecule has 4 nitrogen and oxygen atoms in total. The van der Waals surface area contributed by atoms with Gasteiger partial charge in [0.25, 0.3) is 5.91 Å². The van der Waals surface area contributed by atoms with E-state index >= 15 is 0 Å². The van der Waals surface area contributed by atoms with Crippen molar-refractivity contribution >= 4 is 52.1 Å². The molecule has 0 saturated carbocycles. The largest absolute Gasteiger partial charge is 0.451 e. The molecule has 0 radical (unpaired) electrons. The molecular weight excluding hydrogens is 381 g/mol. The number of anilines is 1. The fraction of sp³-hybridized carbons (Fsp3) is 0.333. The Morgan fingerprint density at radius 3 is 2.52 bits per heavy atom. The van der Waals surface area contributed by atoms with E-state index in [4.69, 9.17) is 27.9 Å². The monoisotopic (exact) mass is 397 g/mol. The molecule has 0 bridgehead atoms. The number of rotatable bonds is 4. The minimum Gasteiger partial charge on any atom is -0.451 e. The molecule has 1 heterocycles. The first-order chi connectivity index (χ1) is 12.0. The molecule has 0 unspecified atom stereocenters. The number of thiophene rings is 1. The molecule has 132 valence electrons. The summed E-state index contributed by atoms with van der Waals surface area (Å²) in [5.41, 5.74) is 1.70. The molecule has 1 aromatic carbocycles. The van der Waals surface area contributed by atoms with E-state index in [0.717, 1.165) is 25.7 Å². The van der Waals surface area contributed by atoms with Crippen LogP contribution in [0.4, 0.5) is 5.69 Å². The van der Waals surface area contributed by atoms with Crippen molar-refractivity contribution in [3.63, 3.8) is 0 Å². The molecule has 7 heteroatoms. The van der Waals surface area contributed by atoms with Crippen molar-refractivity contribution in [3.05, 3.63) is 49.6 Å². The second-order valence-electron chi connectivity index (χ2n) is 5.90. The number of amides is 1. The zero-order chi connectivity index (χ0) is 17.8. The summed E-state index contributed by atoms with van der Waals surface area (Å²) in [5.74, 6) is -0.901. The molecule has 1 amide bonds. The smallest absolute Gasteiger partial charge is 0.348 e. The number of carbonyl (C=O) groups is 2. The summed E-state index contributed by atoms with van der Waals surface area (Å²) in [6, 6.07) is 6.62. The normalized spacial score (nSPS) is 13.7. The first-order valence-corrected chi connectivity index (χ1v) is 9.63. The second kappa shape index (κ2) is 8.21. The number of hydrogen-bond acceptors (Lipinski definition) is 4. The van der Waals surface area contributed by atoms with Crippen LogP contribution in [0.1, 0.15) is 39.4 Å². The Labute approximate surface area is 160 Å². The van der Waals surface area contributed by atoms with Gasteiger partial charge in [0.1, 0.15) is 4.88 Å². The minimum absolute atomic E-state index is 0.356. The fourth-order valence-electron chi connectivity index (χ4n) is 2.79. The zero-order valence-electron chi connectivity index (χ0n) is 13.4. The van der Waals surface area contributed by atoms with Crippen molar-refractivity contribution in [2.45, 2.75) is 32.1 Å². The minimum atomic E-state index is -0.461. The molecule has 25 heavy (non-hydrogen) atoms. The van der Waals surface area contributed by atoms with Crippen LogP contribution in [0.2, 0.25) is 10.0 Å². The van der Waals surface area contributed by atoms with Gasteiger partial charge in [-0.3, -0.25) is 4.79 Å². The molecule has 0 fully saturated rings. The highest BCUT2D eigenvalue weighted by atomic mass is 35.5. The Kier molecular flexibility index (Phi) is 5.99. The van der Waals surface area contributed by atoms with Gasteiger partial charge in [0.2, 0.25) is 0 Å². The van der Waals surface area contributed by atoms with Gasteiger partial charge >= 0.3 is 5.97 Å². The number of benzene rings is 1. The van der Waals surface area contributed by atoms with Gasteiger partial charge in [-0.1, -0.05) is 29.6 Å². The molecule has 1 N–H and O–H groups in total. The zero-order valence-corrected chi connectivity index (χ0v) is 15.8. The third kappa shape index (κ3) is 4.97. The van der Waals surface area contributed by atoms with Crippen molar-refractivity contribution < 1.29 is 14.3 Å². The first kappa shape index (κ1) is 18.2. The average Bonchev–Trinajstić information content (AvgIpc) is 2.82. The number of halogens is 2. The van der Waals surface area contributed by atoms with Crippen molar-refractivity contribution in [1.82, 2.24) is 0 Å². The number of hydrogen-bond donors (Lipinski definition) is 1. The summed E-state index contributed by atoms with van der Waals surface area (Å²) in [5, 5.41) is 3.44. The first-order valence-electron chi connectivity index (χ1n) is 8.06. The van der Waals surface area contributed by atoms with Crippen molar-refractivity contribution in [2.75, 3.05) is 11.9 Å². The SMILES string of the molecule is O=C(COC(=O)c1cc2c(s1)CCCCC2)Nc1cc(Cl)cc(Cl)c1. The van der Waals surface area contributed by atoms with Gasteiger partial charge in [-0.2, -0.15) is 0 Å². The Bertz CT molecular complexity index is 760. The molecule has 0 atom stereocenters. The van der Waals surface area contributed by atoms with Crippen LogP contribution in [0.15, 0.2) is 24.3 Å². The molecule has 1 aliphatic rings. The van der Waals surface area contributed by atoms with Gasteiger partial charge in [0.05, 0.1) is 0 Å². The summed E-state index contributed by atoms with van der Waals surface area (Å²) < 4.78 is 5.13.